The summed E-state index contributed by atoms with van der Waals surface area (Å²) < 4.78 is 4.33. The Labute approximate surface area is 200 Å². The quantitative estimate of drug-likeness (QED) is 0.597. The summed E-state index contributed by atoms with van der Waals surface area (Å²) in [6, 6.07) is 14.2. The van der Waals surface area contributed by atoms with Crippen molar-refractivity contribution in [3.63, 3.8) is 0 Å². The maximum Gasteiger partial charge on any atom is 0.250 e. The molecule has 3 aliphatic rings. The standard InChI is InChI=1S/C28H34N4O2/c33-27-11-7-10-25-23-14-21(17-32(25)27)16-29(18-23)20-31-19-22(24-8-3-4-9-26(24)31)15-28(34)30-12-5-1-2-6-13-30/h3-4,7-11,19,21,23H,1-2,5-6,12-18,20H2/t21-,23+/m0/s1. The lowest BCUT2D eigenvalue weighted by molar-refractivity contribution is -0.130. The molecule has 2 bridgehead atoms. The van der Waals surface area contributed by atoms with Gasteiger partial charge in [0.2, 0.25) is 5.91 Å². The number of benzene rings is 1. The highest BCUT2D eigenvalue weighted by atomic mass is 16.2. The first kappa shape index (κ1) is 21.7. The minimum atomic E-state index is 0.135. The number of amides is 1. The molecule has 0 saturated carbocycles. The van der Waals surface area contributed by atoms with Crippen LogP contribution in [0.25, 0.3) is 10.9 Å². The SMILES string of the molecule is O=C(Cc1cn(CN2C[C@@H]3C[C@H](C2)c2cccc(=O)n2C3)c2ccccc12)N1CCCCCC1. The first-order valence-electron chi connectivity index (χ1n) is 12.9. The number of likely N-dealkylation sites (tertiary alicyclic amines) is 2. The van der Waals surface area contributed by atoms with E-state index < -0.39 is 0 Å². The second-order valence-corrected chi connectivity index (χ2v) is 10.5. The number of carbonyl (C=O) groups excluding carboxylic acids is 1. The first-order valence-corrected chi connectivity index (χ1v) is 12.9. The fraction of sp³-hybridized carbons (Fsp3) is 0.500. The molecule has 0 N–H and O–H groups in total. The number of rotatable bonds is 4. The van der Waals surface area contributed by atoms with E-state index in [0.717, 1.165) is 57.8 Å². The van der Waals surface area contributed by atoms with Crippen molar-refractivity contribution in [1.82, 2.24) is 18.9 Å². The Hall–Kier alpha value is -2.86. The second-order valence-electron chi connectivity index (χ2n) is 10.5. The van der Waals surface area contributed by atoms with Gasteiger partial charge in [-0.05, 0) is 42.9 Å². The van der Waals surface area contributed by atoms with Crippen molar-refractivity contribution in [3.05, 3.63) is 70.3 Å². The van der Waals surface area contributed by atoms with Gasteiger partial charge in [0.1, 0.15) is 0 Å². The zero-order chi connectivity index (χ0) is 23.1. The van der Waals surface area contributed by atoms with E-state index in [1.165, 1.54) is 35.9 Å². The van der Waals surface area contributed by atoms with E-state index in [1.807, 2.05) is 10.6 Å². The highest BCUT2D eigenvalue weighted by Gasteiger charge is 2.34. The van der Waals surface area contributed by atoms with E-state index in [2.05, 4.69) is 50.9 Å². The number of nitrogens with zero attached hydrogens (tertiary/aromatic N) is 4. The minimum absolute atomic E-state index is 0.135. The maximum atomic E-state index is 13.1. The number of fused-ring (bicyclic) bond motifs is 5. The minimum Gasteiger partial charge on any atom is -0.342 e. The lowest BCUT2D eigenvalue weighted by Crippen LogP contribution is -2.47. The molecule has 0 spiro atoms. The molecule has 3 aliphatic heterocycles. The number of para-hydroxylation sites is 1. The second kappa shape index (κ2) is 9.06. The molecule has 2 fully saturated rings. The number of hydrogen-bond donors (Lipinski definition) is 0. The van der Waals surface area contributed by atoms with Crippen LogP contribution in [0.15, 0.2) is 53.5 Å². The number of aromatic nitrogens is 2. The van der Waals surface area contributed by atoms with Crippen LogP contribution in [-0.4, -0.2) is 51.0 Å². The molecule has 2 atom stereocenters. The molecule has 1 aromatic carbocycles. The van der Waals surface area contributed by atoms with Crippen molar-refractivity contribution in [3.8, 4) is 0 Å². The van der Waals surface area contributed by atoms with Gasteiger partial charge in [0.05, 0.1) is 13.1 Å². The van der Waals surface area contributed by atoms with Crippen LogP contribution in [-0.2, 0) is 24.4 Å². The monoisotopic (exact) mass is 458 g/mol. The third kappa shape index (κ3) is 4.09. The molecule has 1 amide bonds. The third-order valence-electron chi connectivity index (χ3n) is 8.08. The van der Waals surface area contributed by atoms with Crippen molar-refractivity contribution < 1.29 is 4.79 Å². The fourth-order valence-corrected chi connectivity index (χ4v) is 6.50. The normalized spacial score (nSPS) is 23.0. The molecule has 34 heavy (non-hydrogen) atoms. The lowest BCUT2D eigenvalue weighted by Gasteiger charge is -2.42. The molecule has 2 aromatic heterocycles. The van der Waals surface area contributed by atoms with Crippen molar-refractivity contribution in [2.24, 2.45) is 5.92 Å². The van der Waals surface area contributed by atoms with Gasteiger partial charge in [-0.2, -0.15) is 0 Å². The Bertz CT molecular complexity index is 1250. The molecule has 3 aromatic rings. The van der Waals surface area contributed by atoms with Gasteiger partial charge in [0.15, 0.2) is 0 Å². The van der Waals surface area contributed by atoms with Crippen LogP contribution in [0, 0.1) is 5.92 Å². The van der Waals surface area contributed by atoms with Gasteiger partial charge in [0, 0.05) is 67.5 Å². The van der Waals surface area contributed by atoms with Gasteiger partial charge in [-0.3, -0.25) is 14.5 Å². The van der Waals surface area contributed by atoms with Gasteiger partial charge in [0.25, 0.3) is 5.56 Å². The summed E-state index contributed by atoms with van der Waals surface area (Å²) in [6.45, 7) is 5.42. The molecular formula is C28H34N4O2. The number of pyridine rings is 1. The number of hydrogen-bond acceptors (Lipinski definition) is 3. The van der Waals surface area contributed by atoms with Crippen LogP contribution in [0.3, 0.4) is 0 Å². The summed E-state index contributed by atoms with van der Waals surface area (Å²) in [7, 11) is 0. The molecule has 6 nitrogen and oxygen atoms in total. The molecule has 0 aliphatic carbocycles. The van der Waals surface area contributed by atoms with Gasteiger partial charge < -0.3 is 14.0 Å². The van der Waals surface area contributed by atoms with Crippen molar-refractivity contribution in [2.45, 2.75) is 57.7 Å². The lowest BCUT2D eigenvalue weighted by atomic mass is 9.83. The predicted octanol–water partition coefficient (Wildman–Crippen LogP) is 3.82. The van der Waals surface area contributed by atoms with Crippen molar-refractivity contribution >= 4 is 16.8 Å². The molecule has 0 unspecified atom stereocenters. The summed E-state index contributed by atoms with van der Waals surface area (Å²) in [4.78, 5) is 30.1. The van der Waals surface area contributed by atoms with E-state index in [1.54, 1.807) is 6.07 Å². The Morgan fingerprint density at radius 3 is 2.59 bits per heavy atom. The largest absolute Gasteiger partial charge is 0.342 e. The smallest absolute Gasteiger partial charge is 0.250 e. The van der Waals surface area contributed by atoms with E-state index in [9.17, 15) is 9.59 Å². The topological polar surface area (TPSA) is 50.5 Å². The highest BCUT2D eigenvalue weighted by Crippen LogP contribution is 2.35. The molecular weight excluding hydrogens is 424 g/mol. The highest BCUT2D eigenvalue weighted by molar-refractivity contribution is 5.89. The van der Waals surface area contributed by atoms with Gasteiger partial charge >= 0.3 is 0 Å². The fourth-order valence-electron chi connectivity index (χ4n) is 6.50. The van der Waals surface area contributed by atoms with Gasteiger partial charge in [-0.25, -0.2) is 0 Å². The molecule has 6 heteroatoms. The molecule has 0 radical (unpaired) electrons. The molecule has 2 saturated heterocycles. The van der Waals surface area contributed by atoms with Crippen LogP contribution in [0.5, 0.6) is 0 Å². The molecule has 6 rings (SSSR count). The van der Waals surface area contributed by atoms with E-state index in [0.29, 0.717) is 18.3 Å². The zero-order valence-electron chi connectivity index (χ0n) is 19.9. The summed E-state index contributed by atoms with van der Waals surface area (Å²) >= 11 is 0. The van der Waals surface area contributed by atoms with E-state index in [-0.39, 0.29) is 11.5 Å². The average Bonchev–Trinajstić information content (AvgIpc) is 3.00. The summed E-state index contributed by atoms with van der Waals surface area (Å²) in [5, 5.41) is 1.19. The Kier molecular flexibility index (Phi) is 5.77. The van der Waals surface area contributed by atoms with Crippen LogP contribution in [0.4, 0.5) is 0 Å². The zero-order valence-corrected chi connectivity index (χ0v) is 19.9. The Balaban J connectivity index is 1.23. The van der Waals surface area contributed by atoms with E-state index >= 15 is 0 Å². The first-order chi connectivity index (χ1) is 16.7. The third-order valence-corrected chi connectivity index (χ3v) is 8.08. The predicted molar refractivity (Wildman–Crippen MR) is 134 cm³/mol. The van der Waals surface area contributed by atoms with Crippen LogP contribution in [0.1, 0.15) is 49.3 Å². The Morgan fingerprint density at radius 2 is 1.74 bits per heavy atom. The summed E-state index contributed by atoms with van der Waals surface area (Å²) in [5.41, 5.74) is 3.66. The summed E-state index contributed by atoms with van der Waals surface area (Å²) in [6.07, 6.45) is 8.58. The Morgan fingerprint density at radius 1 is 0.912 bits per heavy atom. The van der Waals surface area contributed by atoms with E-state index in [4.69, 9.17) is 0 Å². The number of carbonyl (C=O) groups is 1. The van der Waals surface area contributed by atoms with Crippen LogP contribution < -0.4 is 5.56 Å². The molecule has 178 valence electrons. The van der Waals surface area contributed by atoms with Crippen LogP contribution >= 0.6 is 0 Å². The van der Waals surface area contributed by atoms with Crippen molar-refractivity contribution in [1.29, 1.82) is 0 Å². The van der Waals surface area contributed by atoms with Gasteiger partial charge in [-0.1, -0.05) is 37.1 Å². The summed E-state index contributed by atoms with van der Waals surface area (Å²) in [5.74, 6) is 1.18. The van der Waals surface area contributed by atoms with Crippen LogP contribution in [0.2, 0.25) is 0 Å². The molecule has 5 heterocycles. The maximum absolute atomic E-state index is 13.1. The number of piperidine rings is 1. The van der Waals surface area contributed by atoms with Crippen molar-refractivity contribution in [2.75, 3.05) is 26.2 Å². The average molecular weight is 459 g/mol. The van der Waals surface area contributed by atoms with Gasteiger partial charge in [-0.15, -0.1) is 0 Å².